The Bertz CT molecular complexity index is 905. The van der Waals surface area contributed by atoms with Crippen LogP contribution in [0.3, 0.4) is 0 Å². The monoisotopic (exact) mass is 426 g/mol. The molecular weight excluding hydrogens is 408 g/mol. The third kappa shape index (κ3) is 4.03. The van der Waals surface area contributed by atoms with Crippen LogP contribution in [-0.4, -0.2) is 29.2 Å². The Hall–Kier alpha value is -2.67. The summed E-state index contributed by atoms with van der Waals surface area (Å²) in [5.74, 6) is 0.186. The van der Waals surface area contributed by atoms with Gasteiger partial charge in [-0.3, -0.25) is 4.79 Å². The molecule has 27 heavy (non-hydrogen) atoms. The molecule has 138 valence electrons. The zero-order valence-corrected chi connectivity index (χ0v) is 16.2. The first-order chi connectivity index (χ1) is 13.2. The van der Waals surface area contributed by atoms with Crippen LogP contribution in [0.4, 0.5) is 6.01 Å². The first kappa shape index (κ1) is 17.7. The zero-order chi connectivity index (χ0) is 18.6. The molecule has 1 atom stereocenters. The van der Waals surface area contributed by atoms with Gasteiger partial charge in [-0.2, -0.15) is 0 Å². The molecule has 1 fully saturated rings. The standard InChI is InChI=1S/C20H19BrN4O2/c21-16-10-8-15(9-11-16)18(26)22-17(14-6-2-1-3-7-14)19-23-24-20(27-19)25-12-4-5-13-25/h1-3,6-11,17H,4-5,12-13H2,(H,22,26)/t17-/m1/s1. The van der Waals surface area contributed by atoms with Gasteiger partial charge < -0.3 is 14.6 Å². The third-order valence-corrected chi connectivity index (χ3v) is 5.10. The Kier molecular flexibility index (Phi) is 5.20. The van der Waals surface area contributed by atoms with Gasteiger partial charge in [0.05, 0.1) is 0 Å². The van der Waals surface area contributed by atoms with E-state index in [1.165, 1.54) is 0 Å². The first-order valence-electron chi connectivity index (χ1n) is 8.90. The second-order valence-electron chi connectivity index (χ2n) is 6.44. The number of carbonyl (C=O) groups excluding carboxylic acids is 1. The minimum Gasteiger partial charge on any atom is -0.405 e. The number of aromatic nitrogens is 2. The van der Waals surface area contributed by atoms with Gasteiger partial charge in [-0.1, -0.05) is 51.4 Å². The largest absolute Gasteiger partial charge is 0.405 e. The number of nitrogens with one attached hydrogen (secondary N) is 1. The van der Waals surface area contributed by atoms with Crippen LogP contribution in [0.2, 0.25) is 0 Å². The molecule has 0 unspecified atom stereocenters. The fourth-order valence-corrected chi connectivity index (χ4v) is 3.39. The third-order valence-electron chi connectivity index (χ3n) is 4.57. The van der Waals surface area contributed by atoms with Crippen molar-refractivity contribution < 1.29 is 9.21 Å². The van der Waals surface area contributed by atoms with E-state index in [0.717, 1.165) is 36.0 Å². The molecule has 0 saturated carbocycles. The van der Waals surface area contributed by atoms with Crippen molar-refractivity contribution in [1.29, 1.82) is 0 Å². The number of amides is 1. The van der Waals surface area contributed by atoms with Crippen LogP contribution in [0.25, 0.3) is 0 Å². The van der Waals surface area contributed by atoms with Crippen molar-refractivity contribution in [3.05, 3.63) is 76.1 Å². The molecule has 1 saturated heterocycles. The fourth-order valence-electron chi connectivity index (χ4n) is 3.13. The van der Waals surface area contributed by atoms with Gasteiger partial charge in [0.15, 0.2) is 0 Å². The molecule has 2 heterocycles. The Labute approximate surface area is 165 Å². The van der Waals surface area contributed by atoms with E-state index in [-0.39, 0.29) is 5.91 Å². The number of anilines is 1. The van der Waals surface area contributed by atoms with Crippen LogP contribution >= 0.6 is 15.9 Å². The maximum absolute atomic E-state index is 12.7. The van der Waals surface area contributed by atoms with E-state index in [1.54, 1.807) is 12.1 Å². The smallest absolute Gasteiger partial charge is 0.318 e. The fraction of sp³-hybridized carbons (Fsp3) is 0.250. The molecule has 0 spiro atoms. The van der Waals surface area contributed by atoms with Crippen molar-refractivity contribution >= 4 is 27.9 Å². The predicted octanol–water partition coefficient (Wildman–Crippen LogP) is 3.95. The van der Waals surface area contributed by atoms with Gasteiger partial charge >= 0.3 is 6.01 Å². The highest BCUT2D eigenvalue weighted by molar-refractivity contribution is 9.10. The van der Waals surface area contributed by atoms with E-state index in [2.05, 4.69) is 36.3 Å². The topological polar surface area (TPSA) is 71.3 Å². The summed E-state index contributed by atoms with van der Waals surface area (Å²) in [7, 11) is 0. The van der Waals surface area contributed by atoms with Gasteiger partial charge in [0.25, 0.3) is 5.91 Å². The summed E-state index contributed by atoms with van der Waals surface area (Å²) in [5.41, 5.74) is 1.46. The lowest BCUT2D eigenvalue weighted by molar-refractivity contribution is 0.0938. The average Bonchev–Trinajstić information content (AvgIpc) is 3.39. The Balaban J connectivity index is 1.61. The highest BCUT2D eigenvalue weighted by Gasteiger charge is 2.26. The molecule has 1 N–H and O–H groups in total. The van der Waals surface area contributed by atoms with Crippen molar-refractivity contribution in [2.75, 3.05) is 18.0 Å². The lowest BCUT2D eigenvalue weighted by Gasteiger charge is -2.16. The molecular formula is C20H19BrN4O2. The quantitative estimate of drug-likeness (QED) is 0.668. The highest BCUT2D eigenvalue weighted by Crippen LogP contribution is 2.26. The van der Waals surface area contributed by atoms with Crippen molar-refractivity contribution in [3.8, 4) is 0 Å². The van der Waals surface area contributed by atoms with Crippen LogP contribution in [0.1, 0.15) is 40.7 Å². The van der Waals surface area contributed by atoms with E-state index in [1.807, 2.05) is 42.5 Å². The minimum absolute atomic E-state index is 0.197. The van der Waals surface area contributed by atoms with Gasteiger partial charge in [0.1, 0.15) is 6.04 Å². The molecule has 7 heteroatoms. The van der Waals surface area contributed by atoms with Crippen molar-refractivity contribution in [2.24, 2.45) is 0 Å². The first-order valence-corrected chi connectivity index (χ1v) is 9.70. The van der Waals surface area contributed by atoms with E-state index in [0.29, 0.717) is 17.5 Å². The summed E-state index contributed by atoms with van der Waals surface area (Å²) in [5, 5.41) is 11.4. The Morgan fingerprint density at radius 2 is 1.74 bits per heavy atom. The van der Waals surface area contributed by atoms with Crippen LogP contribution in [0.15, 0.2) is 63.5 Å². The lowest BCUT2D eigenvalue weighted by atomic mass is 10.1. The van der Waals surface area contributed by atoms with Gasteiger partial charge in [0, 0.05) is 23.1 Å². The van der Waals surface area contributed by atoms with Crippen LogP contribution in [0.5, 0.6) is 0 Å². The molecule has 0 aliphatic carbocycles. The van der Waals surface area contributed by atoms with Gasteiger partial charge in [-0.15, -0.1) is 5.10 Å². The summed E-state index contributed by atoms with van der Waals surface area (Å²) >= 11 is 3.38. The van der Waals surface area contributed by atoms with Gasteiger partial charge in [0.2, 0.25) is 5.89 Å². The summed E-state index contributed by atoms with van der Waals surface area (Å²) in [6.07, 6.45) is 2.25. The lowest BCUT2D eigenvalue weighted by Crippen LogP contribution is -2.29. The molecule has 1 amide bonds. The van der Waals surface area contributed by atoms with Gasteiger partial charge in [-0.25, -0.2) is 0 Å². The molecule has 0 radical (unpaired) electrons. The second kappa shape index (κ2) is 7.92. The maximum Gasteiger partial charge on any atom is 0.318 e. The van der Waals surface area contributed by atoms with Crippen LogP contribution in [0, 0.1) is 0 Å². The molecule has 2 aromatic carbocycles. The summed E-state index contributed by atoms with van der Waals surface area (Å²) in [6.45, 7) is 1.84. The molecule has 1 aromatic heterocycles. The Morgan fingerprint density at radius 3 is 2.44 bits per heavy atom. The highest BCUT2D eigenvalue weighted by atomic mass is 79.9. The van der Waals surface area contributed by atoms with E-state index in [9.17, 15) is 4.79 Å². The SMILES string of the molecule is O=C(N[C@H](c1ccccc1)c1nnc(N2CCCC2)o1)c1ccc(Br)cc1. The van der Waals surface area contributed by atoms with E-state index >= 15 is 0 Å². The maximum atomic E-state index is 12.7. The normalized spacial score (nSPS) is 14.9. The molecule has 1 aliphatic heterocycles. The van der Waals surface area contributed by atoms with E-state index in [4.69, 9.17) is 4.42 Å². The van der Waals surface area contributed by atoms with Gasteiger partial charge in [-0.05, 0) is 42.7 Å². The number of halogens is 1. The minimum atomic E-state index is -0.508. The summed E-state index contributed by atoms with van der Waals surface area (Å²) in [6, 6.07) is 16.9. The summed E-state index contributed by atoms with van der Waals surface area (Å²) in [4.78, 5) is 14.8. The summed E-state index contributed by atoms with van der Waals surface area (Å²) < 4.78 is 6.84. The van der Waals surface area contributed by atoms with Crippen LogP contribution in [-0.2, 0) is 0 Å². The molecule has 0 bridgehead atoms. The molecule has 3 aromatic rings. The number of hydrogen-bond acceptors (Lipinski definition) is 5. The Morgan fingerprint density at radius 1 is 1.04 bits per heavy atom. The molecule has 1 aliphatic rings. The average molecular weight is 427 g/mol. The predicted molar refractivity (Wildman–Crippen MR) is 106 cm³/mol. The number of carbonyl (C=O) groups is 1. The number of benzene rings is 2. The van der Waals surface area contributed by atoms with Crippen LogP contribution < -0.4 is 10.2 Å². The van der Waals surface area contributed by atoms with E-state index < -0.39 is 6.04 Å². The second-order valence-corrected chi connectivity index (χ2v) is 7.36. The zero-order valence-electron chi connectivity index (χ0n) is 14.6. The van der Waals surface area contributed by atoms with Crippen molar-refractivity contribution in [1.82, 2.24) is 15.5 Å². The number of rotatable bonds is 5. The molecule has 4 rings (SSSR count). The number of nitrogens with zero attached hydrogens (tertiary/aromatic N) is 3. The molecule has 6 nitrogen and oxygen atoms in total. The van der Waals surface area contributed by atoms with Crippen molar-refractivity contribution in [3.63, 3.8) is 0 Å². The van der Waals surface area contributed by atoms with Crippen molar-refractivity contribution in [2.45, 2.75) is 18.9 Å². The number of hydrogen-bond donors (Lipinski definition) is 1.